The molecule has 1 heterocycles. The lowest BCUT2D eigenvalue weighted by Crippen LogP contribution is -2.27. The van der Waals surface area contributed by atoms with E-state index in [2.05, 4.69) is 10.6 Å². The number of amides is 2. The van der Waals surface area contributed by atoms with Crippen molar-refractivity contribution in [1.82, 2.24) is 5.32 Å². The molecular formula is C22H21ClN2O4. The van der Waals surface area contributed by atoms with Crippen molar-refractivity contribution in [2.75, 3.05) is 11.9 Å². The van der Waals surface area contributed by atoms with Crippen molar-refractivity contribution in [3.8, 4) is 0 Å². The molecule has 0 unspecified atom stereocenters. The number of hydrogen-bond donors (Lipinski definition) is 2. The molecule has 1 aromatic heterocycles. The van der Waals surface area contributed by atoms with E-state index < -0.39 is 0 Å². The average molecular weight is 413 g/mol. The molecule has 3 aromatic rings. The van der Waals surface area contributed by atoms with Crippen LogP contribution in [0, 0.1) is 0 Å². The maximum atomic E-state index is 12.1. The highest BCUT2D eigenvalue weighted by Crippen LogP contribution is 2.13. The van der Waals surface area contributed by atoms with Crippen molar-refractivity contribution in [3.63, 3.8) is 0 Å². The van der Waals surface area contributed by atoms with Gasteiger partial charge in [0.15, 0.2) is 0 Å². The van der Waals surface area contributed by atoms with Gasteiger partial charge in [0.1, 0.15) is 12.4 Å². The van der Waals surface area contributed by atoms with Gasteiger partial charge in [0.05, 0.1) is 12.9 Å². The Morgan fingerprint density at radius 3 is 2.59 bits per heavy atom. The van der Waals surface area contributed by atoms with Crippen LogP contribution in [0.1, 0.15) is 28.1 Å². The van der Waals surface area contributed by atoms with Crippen molar-refractivity contribution >= 4 is 29.1 Å². The second kappa shape index (κ2) is 10.5. The first-order chi connectivity index (χ1) is 14.1. The Morgan fingerprint density at radius 1 is 1.00 bits per heavy atom. The van der Waals surface area contributed by atoms with Gasteiger partial charge in [-0.3, -0.25) is 9.59 Å². The second-order valence-electron chi connectivity index (χ2n) is 6.33. The smallest absolute Gasteiger partial charge is 0.251 e. The van der Waals surface area contributed by atoms with Crippen LogP contribution in [0.5, 0.6) is 0 Å². The Bertz CT molecular complexity index is 940. The van der Waals surface area contributed by atoms with Crippen molar-refractivity contribution in [2.45, 2.75) is 19.6 Å². The molecule has 0 aliphatic heterocycles. The van der Waals surface area contributed by atoms with Crippen molar-refractivity contribution in [1.29, 1.82) is 0 Å². The summed E-state index contributed by atoms with van der Waals surface area (Å²) in [5, 5.41) is 6.11. The largest absolute Gasteiger partial charge is 0.467 e. The van der Waals surface area contributed by atoms with Gasteiger partial charge in [-0.1, -0.05) is 23.7 Å². The first-order valence-corrected chi connectivity index (χ1v) is 9.50. The number of halogens is 1. The molecule has 0 saturated carbocycles. The van der Waals surface area contributed by atoms with Gasteiger partial charge in [-0.05, 0) is 54.1 Å². The number of benzene rings is 2. The lowest BCUT2D eigenvalue weighted by molar-refractivity contribution is -0.116. The van der Waals surface area contributed by atoms with Crippen LogP contribution in [0.3, 0.4) is 0 Å². The molecule has 2 N–H and O–H groups in total. The van der Waals surface area contributed by atoms with E-state index in [4.69, 9.17) is 20.8 Å². The van der Waals surface area contributed by atoms with Crippen LogP contribution in [-0.2, 0) is 22.7 Å². The van der Waals surface area contributed by atoms with Crippen LogP contribution in [0.15, 0.2) is 71.3 Å². The lowest BCUT2D eigenvalue weighted by atomic mass is 10.2. The zero-order valence-electron chi connectivity index (χ0n) is 15.7. The van der Waals surface area contributed by atoms with E-state index >= 15 is 0 Å². The fourth-order valence-corrected chi connectivity index (χ4v) is 2.75. The number of hydrogen-bond acceptors (Lipinski definition) is 4. The highest BCUT2D eigenvalue weighted by Gasteiger charge is 2.07. The third kappa shape index (κ3) is 6.78. The second-order valence-corrected chi connectivity index (χ2v) is 6.77. The van der Waals surface area contributed by atoms with Crippen molar-refractivity contribution in [2.24, 2.45) is 0 Å². The van der Waals surface area contributed by atoms with Crippen LogP contribution in [0.2, 0.25) is 5.02 Å². The Balaban J connectivity index is 1.40. The summed E-state index contributed by atoms with van der Waals surface area (Å²) in [5.74, 6) is 0.329. The topological polar surface area (TPSA) is 80.6 Å². The third-order valence-corrected chi connectivity index (χ3v) is 4.30. The molecular weight excluding hydrogens is 392 g/mol. The molecule has 0 saturated heterocycles. The SMILES string of the molecule is O=C(CCNC(=O)c1ccc(Cl)cc1)Nc1cccc(COCc2ccco2)c1. The molecule has 2 aromatic carbocycles. The van der Waals surface area contributed by atoms with Crippen LogP contribution >= 0.6 is 11.6 Å². The number of carbonyl (C=O) groups is 2. The molecule has 0 spiro atoms. The molecule has 6 nitrogen and oxygen atoms in total. The molecule has 3 rings (SSSR count). The minimum absolute atomic E-state index is 0.165. The summed E-state index contributed by atoms with van der Waals surface area (Å²) in [4.78, 5) is 24.2. The summed E-state index contributed by atoms with van der Waals surface area (Å²) in [6.45, 7) is 1.03. The fourth-order valence-electron chi connectivity index (χ4n) is 2.62. The molecule has 0 aliphatic rings. The van der Waals surface area contributed by atoms with Gasteiger partial charge in [0.25, 0.3) is 5.91 Å². The Labute approximate surface area is 173 Å². The lowest BCUT2D eigenvalue weighted by Gasteiger charge is -2.09. The van der Waals surface area contributed by atoms with Gasteiger partial charge in [0, 0.05) is 29.2 Å². The van der Waals surface area contributed by atoms with Gasteiger partial charge >= 0.3 is 0 Å². The van der Waals surface area contributed by atoms with E-state index in [1.807, 2.05) is 30.3 Å². The van der Waals surface area contributed by atoms with Gasteiger partial charge < -0.3 is 19.8 Å². The minimum atomic E-state index is -0.245. The molecule has 2 amide bonds. The number of anilines is 1. The first-order valence-electron chi connectivity index (χ1n) is 9.13. The van der Waals surface area contributed by atoms with E-state index in [1.165, 1.54) is 0 Å². The Hall–Kier alpha value is -3.09. The van der Waals surface area contributed by atoms with Crippen LogP contribution < -0.4 is 10.6 Å². The number of ether oxygens (including phenoxy) is 1. The summed E-state index contributed by atoms with van der Waals surface area (Å²) in [6.07, 6.45) is 1.77. The van der Waals surface area contributed by atoms with E-state index in [0.717, 1.165) is 11.3 Å². The highest BCUT2D eigenvalue weighted by atomic mass is 35.5. The predicted molar refractivity (Wildman–Crippen MR) is 111 cm³/mol. The van der Waals surface area contributed by atoms with Crippen LogP contribution in [0.4, 0.5) is 5.69 Å². The summed E-state index contributed by atoms with van der Waals surface area (Å²) >= 11 is 5.81. The third-order valence-electron chi connectivity index (χ3n) is 4.05. The molecule has 7 heteroatoms. The Morgan fingerprint density at radius 2 is 1.83 bits per heavy atom. The van der Waals surface area contributed by atoms with Crippen LogP contribution in [-0.4, -0.2) is 18.4 Å². The molecule has 0 atom stereocenters. The predicted octanol–water partition coefficient (Wildman–Crippen LogP) is 4.41. The molecule has 150 valence electrons. The quantitative estimate of drug-likeness (QED) is 0.545. The minimum Gasteiger partial charge on any atom is -0.467 e. The number of furan rings is 1. The monoisotopic (exact) mass is 412 g/mol. The molecule has 0 bridgehead atoms. The Kier molecular flexibility index (Phi) is 7.44. The summed E-state index contributed by atoms with van der Waals surface area (Å²) in [7, 11) is 0. The number of nitrogens with one attached hydrogen (secondary N) is 2. The molecule has 29 heavy (non-hydrogen) atoms. The molecule has 0 radical (unpaired) electrons. The fraction of sp³-hybridized carbons (Fsp3) is 0.182. The maximum Gasteiger partial charge on any atom is 0.251 e. The van der Waals surface area contributed by atoms with E-state index in [0.29, 0.717) is 29.5 Å². The molecule has 0 fully saturated rings. The summed E-state index contributed by atoms with van der Waals surface area (Å²) in [5.41, 5.74) is 2.11. The standard InChI is InChI=1S/C22H21ClN2O4/c23-18-8-6-17(7-9-18)22(27)24-11-10-21(26)25-19-4-1-3-16(13-19)14-28-15-20-5-2-12-29-20/h1-9,12-13H,10-11,14-15H2,(H,24,27)(H,25,26). The van der Waals surface area contributed by atoms with Gasteiger partial charge in [-0.25, -0.2) is 0 Å². The zero-order chi connectivity index (χ0) is 20.5. The van der Waals surface area contributed by atoms with Gasteiger partial charge in [-0.15, -0.1) is 0 Å². The average Bonchev–Trinajstić information content (AvgIpc) is 3.22. The molecule has 0 aliphatic carbocycles. The van der Waals surface area contributed by atoms with E-state index in [-0.39, 0.29) is 24.8 Å². The highest BCUT2D eigenvalue weighted by molar-refractivity contribution is 6.30. The van der Waals surface area contributed by atoms with Gasteiger partial charge in [0.2, 0.25) is 5.91 Å². The van der Waals surface area contributed by atoms with Gasteiger partial charge in [-0.2, -0.15) is 0 Å². The van der Waals surface area contributed by atoms with Crippen molar-refractivity contribution in [3.05, 3.63) is 88.8 Å². The summed E-state index contributed by atoms with van der Waals surface area (Å²) < 4.78 is 10.8. The zero-order valence-corrected chi connectivity index (χ0v) is 16.4. The van der Waals surface area contributed by atoms with E-state index in [9.17, 15) is 9.59 Å². The number of rotatable bonds is 9. The van der Waals surface area contributed by atoms with Crippen LogP contribution in [0.25, 0.3) is 0 Å². The summed E-state index contributed by atoms with van der Waals surface area (Å²) in [6, 6.07) is 17.7. The maximum absolute atomic E-state index is 12.1. The van der Waals surface area contributed by atoms with E-state index in [1.54, 1.807) is 36.6 Å². The number of carbonyl (C=O) groups excluding carboxylic acids is 2. The first kappa shape index (κ1) is 20.6. The van der Waals surface area contributed by atoms with Crippen molar-refractivity contribution < 1.29 is 18.7 Å². The normalized spacial score (nSPS) is 10.5.